The molecule has 5 heteroatoms. The molecule has 0 bridgehead atoms. The minimum Gasteiger partial charge on any atom is -0.356 e. The number of rotatable bonds is 6. The van der Waals surface area contributed by atoms with Crippen molar-refractivity contribution >= 4 is 17.6 Å². The van der Waals surface area contributed by atoms with Crippen molar-refractivity contribution in [2.75, 3.05) is 20.1 Å². The summed E-state index contributed by atoms with van der Waals surface area (Å²) in [4.78, 5) is 8.36. The van der Waals surface area contributed by atoms with Crippen LogP contribution in [0.25, 0.3) is 0 Å². The van der Waals surface area contributed by atoms with Crippen LogP contribution in [-0.2, 0) is 6.42 Å². The number of halogens is 1. The molecule has 0 aliphatic heterocycles. The molecule has 0 unspecified atom stereocenters. The van der Waals surface area contributed by atoms with Gasteiger partial charge in [0.15, 0.2) is 5.96 Å². The van der Waals surface area contributed by atoms with Crippen molar-refractivity contribution in [3.63, 3.8) is 0 Å². The number of aliphatic imine (C=N–C) groups is 1. The highest BCUT2D eigenvalue weighted by Crippen LogP contribution is 2.25. The first-order valence-corrected chi connectivity index (χ1v) is 8.70. The maximum absolute atomic E-state index is 5.78. The molecule has 4 nitrogen and oxygen atoms in total. The van der Waals surface area contributed by atoms with E-state index in [0.717, 1.165) is 31.4 Å². The van der Waals surface area contributed by atoms with Gasteiger partial charge in [0.25, 0.3) is 0 Å². The minimum absolute atomic E-state index is 0.539. The minimum atomic E-state index is 0.539. The van der Waals surface area contributed by atoms with Gasteiger partial charge in [-0.05, 0) is 30.4 Å². The first kappa shape index (κ1) is 17.1. The number of pyridine rings is 1. The maximum atomic E-state index is 5.78. The fraction of sp³-hybridized carbons (Fsp3) is 0.647. The molecule has 0 amide bonds. The number of aromatic nitrogens is 1. The number of nitrogens with zero attached hydrogens (tertiary/aromatic N) is 2. The predicted octanol–water partition coefficient (Wildman–Crippen LogP) is 3.41. The lowest BCUT2D eigenvalue weighted by atomic mass is 9.87. The van der Waals surface area contributed by atoms with Gasteiger partial charge in [0.05, 0.1) is 0 Å². The highest BCUT2D eigenvalue weighted by atomic mass is 35.5. The molecule has 1 aliphatic carbocycles. The van der Waals surface area contributed by atoms with E-state index < -0.39 is 0 Å². The molecule has 0 saturated heterocycles. The van der Waals surface area contributed by atoms with E-state index in [4.69, 9.17) is 11.6 Å². The topological polar surface area (TPSA) is 49.3 Å². The van der Waals surface area contributed by atoms with Crippen molar-refractivity contribution in [1.82, 2.24) is 15.6 Å². The zero-order valence-electron chi connectivity index (χ0n) is 13.4. The summed E-state index contributed by atoms with van der Waals surface area (Å²) in [7, 11) is 1.82. The molecule has 1 aromatic heterocycles. The van der Waals surface area contributed by atoms with E-state index in [-0.39, 0.29) is 0 Å². The smallest absolute Gasteiger partial charge is 0.190 e. The van der Waals surface area contributed by atoms with E-state index in [0.29, 0.717) is 5.15 Å². The second kappa shape index (κ2) is 9.67. The van der Waals surface area contributed by atoms with Crippen LogP contribution in [0, 0.1) is 5.92 Å². The van der Waals surface area contributed by atoms with E-state index in [2.05, 4.69) is 20.6 Å². The highest BCUT2D eigenvalue weighted by Gasteiger charge is 2.12. The zero-order chi connectivity index (χ0) is 15.6. The van der Waals surface area contributed by atoms with Gasteiger partial charge in [-0.1, -0.05) is 49.8 Å². The molecule has 2 N–H and O–H groups in total. The van der Waals surface area contributed by atoms with Crippen LogP contribution in [0.2, 0.25) is 5.15 Å². The van der Waals surface area contributed by atoms with Gasteiger partial charge >= 0.3 is 0 Å². The van der Waals surface area contributed by atoms with E-state index in [9.17, 15) is 0 Å². The fourth-order valence-corrected chi connectivity index (χ4v) is 3.08. The van der Waals surface area contributed by atoms with Gasteiger partial charge in [-0.2, -0.15) is 0 Å². The normalized spacial score (nSPS) is 16.5. The molecule has 2 rings (SSSR count). The SMILES string of the molecule is CN=C(NCCc1ccc(Cl)nc1)NCCC1CCCCC1. The number of nitrogens with one attached hydrogen (secondary N) is 2. The summed E-state index contributed by atoms with van der Waals surface area (Å²) in [5, 5.41) is 7.30. The average Bonchev–Trinajstić information content (AvgIpc) is 2.56. The van der Waals surface area contributed by atoms with Crippen LogP contribution in [0.1, 0.15) is 44.1 Å². The molecule has 0 atom stereocenters. The van der Waals surface area contributed by atoms with E-state index in [1.54, 1.807) is 0 Å². The molecule has 0 aromatic carbocycles. The third-order valence-electron chi connectivity index (χ3n) is 4.29. The van der Waals surface area contributed by atoms with Gasteiger partial charge in [-0.3, -0.25) is 4.99 Å². The van der Waals surface area contributed by atoms with Crippen molar-refractivity contribution in [3.05, 3.63) is 29.0 Å². The molecule has 1 heterocycles. The summed E-state index contributed by atoms with van der Waals surface area (Å²) in [6, 6.07) is 3.84. The molecular weight excluding hydrogens is 296 g/mol. The molecule has 1 aromatic rings. The van der Waals surface area contributed by atoms with Gasteiger partial charge in [0.1, 0.15) is 5.15 Å². The Balaban J connectivity index is 1.61. The van der Waals surface area contributed by atoms with Crippen LogP contribution in [0.4, 0.5) is 0 Å². The third kappa shape index (κ3) is 6.22. The summed E-state index contributed by atoms with van der Waals surface area (Å²) in [5.41, 5.74) is 1.18. The number of hydrogen-bond donors (Lipinski definition) is 2. The van der Waals surface area contributed by atoms with Crippen LogP contribution < -0.4 is 10.6 Å². The van der Waals surface area contributed by atoms with Gasteiger partial charge in [0.2, 0.25) is 0 Å². The Morgan fingerprint density at radius 1 is 1.23 bits per heavy atom. The molecule has 122 valence electrons. The summed E-state index contributed by atoms with van der Waals surface area (Å²) in [6.45, 7) is 1.85. The molecule has 1 aliphatic rings. The quantitative estimate of drug-likeness (QED) is 0.479. The molecule has 22 heavy (non-hydrogen) atoms. The van der Waals surface area contributed by atoms with Crippen LogP contribution in [-0.4, -0.2) is 31.1 Å². The largest absolute Gasteiger partial charge is 0.356 e. The molecule has 0 radical (unpaired) electrons. The van der Waals surface area contributed by atoms with Crippen LogP contribution in [0.3, 0.4) is 0 Å². The highest BCUT2D eigenvalue weighted by molar-refractivity contribution is 6.29. The first-order chi connectivity index (χ1) is 10.8. The monoisotopic (exact) mass is 322 g/mol. The molecule has 1 fully saturated rings. The van der Waals surface area contributed by atoms with Crippen molar-refractivity contribution < 1.29 is 0 Å². The zero-order valence-corrected chi connectivity index (χ0v) is 14.2. The van der Waals surface area contributed by atoms with Gasteiger partial charge in [0, 0.05) is 26.3 Å². The summed E-state index contributed by atoms with van der Waals surface area (Å²) in [6.07, 6.45) is 11.0. The van der Waals surface area contributed by atoms with E-state index in [1.807, 2.05) is 25.4 Å². The van der Waals surface area contributed by atoms with Crippen molar-refractivity contribution in [2.45, 2.75) is 44.9 Å². The Hall–Kier alpha value is -1.29. The predicted molar refractivity (Wildman–Crippen MR) is 93.5 cm³/mol. The average molecular weight is 323 g/mol. The Morgan fingerprint density at radius 3 is 2.68 bits per heavy atom. The second-order valence-electron chi connectivity index (χ2n) is 5.96. The molecule has 1 saturated carbocycles. The summed E-state index contributed by atoms with van der Waals surface area (Å²) in [5.74, 6) is 1.79. The number of guanidine groups is 1. The van der Waals surface area contributed by atoms with Crippen molar-refractivity contribution in [2.24, 2.45) is 10.9 Å². The molecule has 0 spiro atoms. The Labute approximate surface area is 138 Å². The first-order valence-electron chi connectivity index (χ1n) is 8.33. The lowest BCUT2D eigenvalue weighted by Crippen LogP contribution is -2.39. The Kier molecular flexibility index (Phi) is 7.50. The Morgan fingerprint density at radius 2 is 2.00 bits per heavy atom. The van der Waals surface area contributed by atoms with Crippen LogP contribution >= 0.6 is 11.6 Å². The molecular formula is C17H27ClN4. The van der Waals surface area contributed by atoms with E-state index in [1.165, 1.54) is 44.1 Å². The maximum Gasteiger partial charge on any atom is 0.190 e. The lowest BCUT2D eigenvalue weighted by Gasteiger charge is -2.22. The lowest BCUT2D eigenvalue weighted by molar-refractivity contribution is 0.339. The summed E-state index contributed by atoms with van der Waals surface area (Å²) < 4.78 is 0. The fourth-order valence-electron chi connectivity index (χ4n) is 2.97. The van der Waals surface area contributed by atoms with E-state index >= 15 is 0 Å². The van der Waals surface area contributed by atoms with Gasteiger partial charge < -0.3 is 10.6 Å². The third-order valence-corrected chi connectivity index (χ3v) is 4.51. The standard InChI is InChI=1S/C17H27ClN4/c1-19-17(20-11-9-14-5-3-2-4-6-14)21-12-10-15-7-8-16(18)22-13-15/h7-8,13-14H,2-6,9-12H2,1H3,(H2,19,20,21). The van der Waals surface area contributed by atoms with Crippen molar-refractivity contribution in [3.8, 4) is 0 Å². The second-order valence-corrected chi connectivity index (χ2v) is 6.34. The van der Waals surface area contributed by atoms with Gasteiger partial charge in [-0.15, -0.1) is 0 Å². The number of hydrogen-bond acceptors (Lipinski definition) is 2. The van der Waals surface area contributed by atoms with Crippen LogP contribution in [0.15, 0.2) is 23.3 Å². The van der Waals surface area contributed by atoms with Gasteiger partial charge in [-0.25, -0.2) is 4.98 Å². The summed E-state index contributed by atoms with van der Waals surface area (Å²) >= 11 is 5.78. The van der Waals surface area contributed by atoms with Crippen molar-refractivity contribution in [1.29, 1.82) is 0 Å². The van der Waals surface area contributed by atoms with Crippen LogP contribution in [0.5, 0.6) is 0 Å². The Bertz CT molecular complexity index is 452.